The zero-order valence-corrected chi connectivity index (χ0v) is 32.1. The molecule has 4 N–H and O–H groups in total. The van der Waals surface area contributed by atoms with Gasteiger partial charge in [-0.15, -0.1) is 0 Å². The average molecular weight is 713 g/mol. The van der Waals surface area contributed by atoms with Crippen LogP contribution in [0.2, 0.25) is 0 Å². The first-order valence-corrected chi connectivity index (χ1v) is 16.9. The Balaban J connectivity index is 6.63. The van der Waals surface area contributed by atoms with Gasteiger partial charge in [-0.3, -0.25) is 24.0 Å². The summed E-state index contributed by atoms with van der Waals surface area (Å²) >= 11 is 0. The third kappa shape index (κ3) is 13.6. The van der Waals surface area contributed by atoms with Crippen molar-refractivity contribution in [2.75, 3.05) is 20.7 Å². The lowest BCUT2D eigenvalue weighted by Crippen LogP contribution is -2.61. The lowest BCUT2D eigenvalue weighted by Gasteiger charge is -2.41. The quantitative estimate of drug-likeness (QED) is 0.119. The maximum Gasteiger partial charge on any atom is 0.408 e. The number of carboxylic acids is 2. The van der Waals surface area contributed by atoms with Crippen molar-refractivity contribution < 1.29 is 53.2 Å². The van der Waals surface area contributed by atoms with Crippen LogP contribution in [0.5, 0.6) is 0 Å². The van der Waals surface area contributed by atoms with Crippen LogP contribution < -0.4 is 10.6 Å². The second-order valence-corrected chi connectivity index (χ2v) is 14.8. The summed E-state index contributed by atoms with van der Waals surface area (Å²) in [6.07, 6.45) is -0.704. The fourth-order valence-electron chi connectivity index (χ4n) is 5.45. The SMILES string of the molecule is CCN(C(=O)[C@@H](CCC(=O)OC)NC(=O)/C(C)=C/[C@H](C(C)C)N(C)C(=O)[C@@H](NC(=O)OC(C)(C)C)C(C)(C)C)[C@](CC)(CCC(=O)O)C(=O)O. The van der Waals surface area contributed by atoms with E-state index in [-0.39, 0.29) is 43.7 Å². The molecule has 0 spiro atoms. The maximum atomic E-state index is 14.0. The second kappa shape index (κ2) is 19.3. The van der Waals surface area contributed by atoms with E-state index in [0.29, 0.717) is 0 Å². The Kier molecular flexibility index (Phi) is 17.7. The number of rotatable bonds is 18. The summed E-state index contributed by atoms with van der Waals surface area (Å²) in [5.41, 5.74) is -3.26. The molecule has 286 valence electrons. The van der Waals surface area contributed by atoms with Gasteiger partial charge in [-0.2, -0.15) is 0 Å². The molecule has 0 saturated heterocycles. The summed E-state index contributed by atoms with van der Waals surface area (Å²) in [6, 6.07) is -3.01. The molecule has 4 amide bonds. The Labute approximate surface area is 296 Å². The van der Waals surface area contributed by atoms with Crippen LogP contribution >= 0.6 is 0 Å². The van der Waals surface area contributed by atoms with Gasteiger partial charge in [0.1, 0.15) is 23.2 Å². The van der Waals surface area contributed by atoms with Crippen LogP contribution in [0.4, 0.5) is 4.79 Å². The molecule has 0 aromatic rings. The van der Waals surface area contributed by atoms with Crippen LogP contribution in [0.1, 0.15) is 108 Å². The summed E-state index contributed by atoms with van der Waals surface area (Å²) < 4.78 is 10.1. The minimum atomic E-state index is -1.88. The summed E-state index contributed by atoms with van der Waals surface area (Å²) in [4.78, 5) is 92.6. The fourth-order valence-corrected chi connectivity index (χ4v) is 5.45. The van der Waals surface area contributed by atoms with Crippen LogP contribution in [0.15, 0.2) is 11.6 Å². The monoisotopic (exact) mass is 712 g/mol. The van der Waals surface area contributed by atoms with Crippen molar-refractivity contribution >= 4 is 41.7 Å². The molecule has 0 unspecified atom stereocenters. The molecule has 0 fully saturated rings. The molecule has 0 aromatic carbocycles. The third-order valence-electron chi connectivity index (χ3n) is 8.33. The van der Waals surface area contributed by atoms with Gasteiger partial charge >= 0.3 is 24.0 Å². The Hall–Kier alpha value is -4.17. The smallest absolute Gasteiger partial charge is 0.408 e. The highest BCUT2D eigenvalue weighted by molar-refractivity contribution is 5.98. The highest BCUT2D eigenvalue weighted by Gasteiger charge is 2.46. The van der Waals surface area contributed by atoms with Crippen molar-refractivity contribution in [3.8, 4) is 0 Å². The molecule has 0 saturated carbocycles. The van der Waals surface area contributed by atoms with Crippen molar-refractivity contribution in [1.82, 2.24) is 20.4 Å². The van der Waals surface area contributed by atoms with Crippen LogP contribution in [0.3, 0.4) is 0 Å². The molecule has 4 atom stereocenters. The zero-order chi connectivity index (χ0) is 39.4. The molecule has 0 aromatic heterocycles. The van der Waals surface area contributed by atoms with Crippen LogP contribution in [0.25, 0.3) is 0 Å². The molecule has 0 aliphatic carbocycles. The predicted molar refractivity (Wildman–Crippen MR) is 186 cm³/mol. The van der Waals surface area contributed by atoms with Gasteiger partial charge in [-0.1, -0.05) is 47.6 Å². The number of aliphatic carboxylic acids is 2. The number of carboxylic acid groups (broad SMARTS) is 2. The first-order chi connectivity index (χ1) is 22.8. The number of hydrogen-bond acceptors (Lipinski definition) is 9. The van der Waals surface area contributed by atoms with E-state index in [1.807, 2.05) is 13.8 Å². The number of esters is 1. The molecule has 0 heterocycles. The van der Waals surface area contributed by atoms with Gasteiger partial charge in [0.2, 0.25) is 17.7 Å². The van der Waals surface area contributed by atoms with E-state index in [1.165, 1.54) is 25.9 Å². The van der Waals surface area contributed by atoms with Crippen LogP contribution in [-0.4, -0.2) is 112 Å². The van der Waals surface area contributed by atoms with E-state index in [4.69, 9.17) is 9.47 Å². The summed E-state index contributed by atoms with van der Waals surface area (Å²) in [5, 5.41) is 24.8. The Morgan fingerprint density at radius 2 is 1.44 bits per heavy atom. The van der Waals surface area contributed by atoms with E-state index in [1.54, 1.807) is 61.6 Å². The third-order valence-corrected chi connectivity index (χ3v) is 8.33. The molecule has 50 heavy (non-hydrogen) atoms. The van der Waals surface area contributed by atoms with Crippen molar-refractivity contribution in [3.63, 3.8) is 0 Å². The first-order valence-electron chi connectivity index (χ1n) is 16.9. The topological polar surface area (TPSA) is 209 Å². The molecular weight excluding hydrogens is 652 g/mol. The summed E-state index contributed by atoms with van der Waals surface area (Å²) in [5.74, 6) is -5.45. The number of nitrogens with one attached hydrogen (secondary N) is 2. The lowest BCUT2D eigenvalue weighted by atomic mass is 9.85. The molecule has 15 heteroatoms. The number of amides is 4. The molecule has 0 rings (SSSR count). The number of methoxy groups -OCH3 is 1. The molecular formula is C35H60N4O11. The number of ether oxygens (including phenoxy) is 2. The number of carbonyl (C=O) groups excluding carboxylic acids is 5. The lowest BCUT2D eigenvalue weighted by molar-refractivity contribution is -0.162. The van der Waals surface area contributed by atoms with Crippen molar-refractivity contribution in [1.29, 1.82) is 0 Å². The number of likely N-dealkylation sites (N-methyl/N-ethyl adjacent to an activating group) is 2. The van der Waals surface area contributed by atoms with Gasteiger partial charge in [0.05, 0.1) is 13.2 Å². The van der Waals surface area contributed by atoms with Gasteiger partial charge in [-0.25, -0.2) is 9.59 Å². The Morgan fingerprint density at radius 3 is 1.84 bits per heavy atom. The largest absolute Gasteiger partial charge is 0.481 e. The van der Waals surface area contributed by atoms with E-state index in [9.17, 15) is 43.8 Å². The standard InChI is InChI=1S/C35H60N4O11/c1-14-35(31(46)47,19-18-25(40)41)39(15-2)29(44)23(16-17-26(42)49-13)36-28(43)22(5)20-24(21(3)4)38(12)30(45)27(33(6,7)8)37-32(48)50-34(9,10)11/h20-21,23-24,27H,14-19H2,1-13H3,(H,36,43)(H,37,48)(H,40,41)(H,46,47)/b22-20+/t23-,24-,27-,35-/m1/s1. The van der Waals surface area contributed by atoms with Gasteiger partial charge in [0, 0.05) is 32.0 Å². The van der Waals surface area contributed by atoms with Crippen LogP contribution in [-0.2, 0) is 38.2 Å². The normalized spacial score (nSPS) is 15.1. The Bertz CT molecular complexity index is 1270. The predicted octanol–water partition coefficient (Wildman–Crippen LogP) is 3.74. The molecule has 15 nitrogen and oxygen atoms in total. The molecule has 0 bridgehead atoms. The van der Waals surface area contributed by atoms with Gasteiger partial charge in [-0.05, 0) is 65.2 Å². The van der Waals surface area contributed by atoms with E-state index < -0.39 is 82.8 Å². The van der Waals surface area contributed by atoms with Crippen LogP contribution in [0, 0.1) is 11.3 Å². The Morgan fingerprint density at radius 1 is 0.880 bits per heavy atom. The van der Waals surface area contributed by atoms with Crippen molar-refractivity contribution in [3.05, 3.63) is 11.6 Å². The van der Waals surface area contributed by atoms with E-state index >= 15 is 0 Å². The van der Waals surface area contributed by atoms with Gasteiger partial charge in [0.25, 0.3) is 0 Å². The molecule has 0 aliphatic rings. The van der Waals surface area contributed by atoms with Crippen molar-refractivity contribution in [2.24, 2.45) is 11.3 Å². The maximum absolute atomic E-state index is 14.0. The fraction of sp³-hybridized carbons (Fsp3) is 0.743. The zero-order valence-electron chi connectivity index (χ0n) is 32.1. The minimum Gasteiger partial charge on any atom is -0.481 e. The number of alkyl carbamates (subject to hydrolysis) is 1. The highest BCUT2D eigenvalue weighted by atomic mass is 16.6. The van der Waals surface area contributed by atoms with E-state index in [2.05, 4.69) is 10.6 Å². The number of carbonyl (C=O) groups is 7. The highest BCUT2D eigenvalue weighted by Crippen LogP contribution is 2.29. The van der Waals surface area contributed by atoms with E-state index in [0.717, 1.165) is 4.90 Å². The average Bonchev–Trinajstić information content (AvgIpc) is 2.99. The minimum absolute atomic E-state index is 0.111. The van der Waals surface area contributed by atoms with Gasteiger partial charge < -0.3 is 40.1 Å². The first kappa shape index (κ1) is 45.8. The van der Waals surface area contributed by atoms with Gasteiger partial charge in [0.15, 0.2) is 0 Å². The number of nitrogens with zero attached hydrogens (tertiary/aromatic N) is 2. The number of hydrogen-bond donors (Lipinski definition) is 4. The molecule has 0 aliphatic heterocycles. The summed E-state index contributed by atoms with van der Waals surface area (Å²) in [7, 11) is 2.72. The second-order valence-electron chi connectivity index (χ2n) is 14.8. The molecule has 0 radical (unpaired) electrons. The summed E-state index contributed by atoms with van der Waals surface area (Å²) in [6.45, 7) is 18.6. The van der Waals surface area contributed by atoms with Crippen molar-refractivity contribution in [2.45, 2.75) is 138 Å².